The van der Waals surface area contributed by atoms with Crippen molar-refractivity contribution in [2.24, 2.45) is 5.73 Å². The van der Waals surface area contributed by atoms with Crippen molar-refractivity contribution in [3.63, 3.8) is 0 Å². The highest BCUT2D eigenvalue weighted by molar-refractivity contribution is 5.94. The summed E-state index contributed by atoms with van der Waals surface area (Å²) in [4.78, 5) is 25.8. The molecule has 144 valence electrons. The number of fused-ring (bicyclic) bond motifs is 1. The number of hydrogen-bond donors (Lipinski definition) is 2. The van der Waals surface area contributed by atoms with Crippen molar-refractivity contribution < 1.29 is 18.7 Å². The Morgan fingerprint density at radius 1 is 1.18 bits per heavy atom. The Labute approximate surface area is 158 Å². The SMILES string of the molecule is CC1(N)CN(c2cc3c(cc2F)c(=O)c(C(=O)O)cn3-c2ccc(F)cc2)C1. The number of hydrogen-bond acceptors (Lipinski definition) is 4. The van der Waals surface area contributed by atoms with E-state index in [0.717, 1.165) is 6.07 Å². The van der Waals surface area contributed by atoms with Gasteiger partial charge in [-0.25, -0.2) is 13.6 Å². The van der Waals surface area contributed by atoms with Crippen molar-refractivity contribution in [3.05, 3.63) is 70.0 Å². The number of aromatic nitrogens is 1. The van der Waals surface area contributed by atoms with Gasteiger partial charge in [0, 0.05) is 35.9 Å². The number of carbonyl (C=O) groups is 1. The van der Waals surface area contributed by atoms with E-state index in [2.05, 4.69) is 0 Å². The third-order valence-electron chi connectivity index (χ3n) is 4.85. The number of benzene rings is 2. The second kappa shape index (κ2) is 6.13. The Kier molecular flexibility index (Phi) is 3.97. The fourth-order valence-electron chi connectivity index (χ4n) is 3.54. The lowest BCUT2D eigenvalue weighted by atomic mass is 9.92. The fourth-order valence-corrected chi connectivity index (χ4v) is 3.54. The Morgan fingerprint density at radius 2 is 1.82 bits per heavy atom. The van der Waals surface area contributed by atoms with E-state index in [9.17, 15) is 23.5 Å². The van der Waals surface area contributed by atoms with Crippen LogP contribution in [0.5, 0.6) is 0 Å². The first-order valence-corrected chi connectivity index (χ1v) is 8.58. The Balaban J connectivity index is 2.00. The summed E-state index contributed by atoms with van der Waals surface area (Å²) in [5.41, 5.74) is 5.34. The molecular formula is C20H17F2N3O3. The molecule has 3 aromatic rings. The molecule has 2 aromatic carbocycles. The first-order chi connectivity index (χ1) is 13.2. The number of carboxylic acids is 1. The van der Waals surface area contributed by atoms with E-state index in [0.29, 0.717) is 24.3 Å². The normalized spacial score (nSPS) is 15.5. The second-order valence-electron chi connectivity index (χ2n) is 7.35. The zero-order valence-corrected chi connectivity index (χ0v) is 14.9. The molecule has 1 aliphatic heterocycles. The molecule has 1 aliphatic rings. The third kappa shape index (κ3) is 2.91. The molecule has 1 saturated heterocycles. The first kappa shape index (κ1) is 18.1. The minimum Gasteiger partial charge on any atom is -0.477 e. The van der Waals surface area contributed by atoms with Gasteiger partial charge < -0.3 is 20.3 Å². The van der Waals surface area contributed by atoms with Gasteiger partial charge in [-0.2, -0.15) is 0 Å². The molecule has 4 rings (SSSR count). The largest absolute Gasteiger partial charge is 0.477 e. The van der Waals surface area contributed by atoms with E-state index in [1.165, 1.54) is 41.1 Å². The summed E-state index contributed by atoms with van der Waals surface area (Å²) in [7, 11) is 0. The fraction of sp³-hybridized carbons (Fsp3) is 0.200. The maximum atomic E-state index is 14.7. The highest BCUT2D eigenvalue weighted by atomic mass is 19.1. The molecule has 0 radical (unpaired) electrons. The maximum absolute atomic E-state index is 14.7. The molecule has 0 saturated carbocycles. The topological polar surface area (TPSA) is 88.6 Å². The lowest BCUT2D eigenvalue weighted by Crippen LogP contribution is -2.65. The smallest absolute Gasteiger partial charge is 0.341 e. The number of rotatable bonds is 3. The van der Waals surface area contributed by atoms with Gasteiger partial charge in [-0.3, -0.25) is 4.79 Å². The van der Waals surface area contributed by atoms with Crippen LogP contribution in [-0.2, 0) is 0 Å². The molecule has 28 heavy (non-hydrogen) atoms. The summed E-state index contributed by atoms with van der Waals surface area (Å²) in [5.74, 6) is -2.51. The van der Waals surface area contributed by atoms with Gasteiger partial charge in [0.05, 0.1) is 11.2 Å². The molecule has 2 heterocycles. The molecule has 0 aliphatic carbocycles. The van der Waals surface area contributed by atoms with Crippen LogP contribution in [0.2, 0.25) is 0 Å². The molecule has 0 unspecified atom stereocenters. The summed E-state index contributed by atoms with van der Waals surface area (Å²) < 4.78 is 29.5. The van der Waals surface area contributed by atoms with E-state index < -0.39 is 34.1 Å². The van der Waals surface area contributed by atoms with Crippen molar-refractivity contribution in [3.8, 4) is 5.69 Å². The van der Waals surface area contributed by atoms with Gasteiger partial charge in [-0.05, 0) is 43.3 Å². The van der Waals surface area contributed by atoms with Crippen LogP contribution in [0.3, 0.4) is 0 Å². The molecule has 1 fully saturated rings. The second-order valence-corrected chi connectivity index (χ2v) is 7.35. The van der Waals surface area contributed by atoms with Crippen LogP contribution in [0.15, 0.2) is 47.4 Å². The quantitative estimate of drug-likeness (QED) is 0.723. The van der Waals surface area contributed by atoms with Crippen LogP contribution in [0, 0.1) is 11.6 Å². The van der Waals surface area contributed by atoms with E-state index >= 15 is 0 Å². The molecule has 0 amide bonds. The molecule has 6 nitrogen and oxygen atoms in total. The van der Waals surface area contributed by atoms with E-state index in [4.69, 9.17) is 5.73 Å². The monoisotopic (exact) mass is 385 g/mol. The van der Waals surface area contributed by atoms with Gasteiger partial charge in [0.1, 0.15) is 17.2 Å². The van der Waals surface area contributed by atoms with E-state index in [1.54, 1.807) is 4.90 Å². The standard InChI is InChI=1S/C20H17F2N3O3/c1-20(23)9-24(10-20)17-7-16-13(6-15(17)22)18(26)14(19(27)28)8-25(16)12-4-2-11(21)3-5-12/h2-8H,9-10,23H2,1H3,(H,27,28). The predicted octanol–water partition coefficient (Wildman–Crippen LogP) is 2.50. The van der Waals surface area contributed by atoms with Crippen molar-refractivity contribution in [1.82, 2.24) is 4.57 Å². The van der Waals surface area contributed by atoms with Crippen LogP contribution >= 0.6 is 0 Å². The summed E-state index contributed by atoms with van der Waals surface area (Å²) in [6.45, 7) is 2.75. The zero-order valence-electron chi connectivity index (χ0n) is 14.9. The van der Waals surface area contributed by atoms with E-state index in [1.807, 2.05) is 6.92 Å². The Hall–Kier alpha value is -3.26. The highest BCUT2D eigenvalue weighted by Gasteiger charge is 2.36. The Bertz CT molecular complexity index is 1160. The van der Waals surface area contributed by atoms with E-state index in [-0.39, 0.29) is 11.1 Å². The van der Waals surface area contributed by atoms with Crippen LogP contribution in [-0.4, -0.2) is 34.3 Å². The van der Waals surface area contributed by atoms with Gasteiger partial charge in [0.2, 0.25) is 5.43 Å². The van der Waals surface area contributed by atoms with Gasteiger partial charge >= 0.3 is 5.97 Å². The predicted molar refractivity (Wildman–Crippen MR) is 101 cm³/mol. The van der Waals surface area contributed by atoms with Crippen molar-refractivity contribution in [2.75, 3.05) is 18.0 Å². The molecule has 0 bridgehead atoms. The summed E-state index contributed by atoms with van der Waals surface area (Å²) >= 11 is 0. The number of nitrogens with zero attached hydrogens (tertiary/aromatic N) is 2. The zero-order chi connectivity index (χ0) is 20.2. The van der Waals surface area contributed by atoms with Gasteiger partial charge in [-0.15, -0.1) is 0 Å². The minimum atomic E-state index is -1.42. The van der Waals surface area contributed by atoms with Crippen LogP contribution < -0.4 is 16.1 Å². The van der Waals surface area contributed by atoms with Crippen LogP contribution in [0.1, 0.15) is 17.3 Å². The number of halogens is 2. The summed E-state index contributed by atoms with van der Waals surface area (Å²) in [5, 5.41) is 9.30. The molecule has 3 N–H and O–H groups in total. The number of nitrogens with two attached hydrogens (primary N) is 1. The number of carboxylic acid groups (broad SMARTS) is 1. The highest BCUT2D eigenvalue weighted by Crippen LogP contribution is 2.32. The third-order valence-corrected chi connectivity index (χ3v) is 4.85. The Morgan fingerprint density at radius 3 is 2.39 bits per heavy atom. The number of pyridine rings is 1. The molecule has 8 heteroatoms. The lowest BCUT2D eigenvalue weighted by Gasteiger charge is -2.47. The molecule has 0 atom stereocenters. The van der Waals surface area contributed by atoms with Crippen molar-refractivity contribution >= 4 is 22.6 Å². The molecule has 0 spiro atoms. The summed E-state index contributed by atoms with van der Waals surface area (Å²) in [6.07, 6.45) is 1.17. The average molecular weight is 385 g/mol. The van der Waals surface area contributed by atoms with Crippen LogP contribution in [0.4, 0.5) is 14.5 Å². The first-order valence-electron chi connectivity index (χ1n) is 8.58. The average Bonchev–Trinajstić information content (AvgIpc) is 2.60. The molecule has 1 aromatic heterocycles. The molecular weight excluding hydrogens is 368 g/mol. The van der Waals surface area contributed by atoms with Gasteiger partial charge in [0.25, 0.3) is 0 Å². The van der Waals surface area contributed by atoms with Crippen molar-refractivity contribution in [2.45, 2.75) is 12.5 Å². The van der Waals surface area contributed by atoms with Crippen LogP contribution in [0.25, 0.3) is 16.6 Å². The van der Waals surface area contributed by atoms with Gasteiger partial charge in [-0.1, -0.05) is 0 Å². The number of aromatic carboxylic acids is 1. The van der Waals surface area contributed by atoms with Gasteiger partial charge in [0.15, 0.2) is 0 Å². The minimum absolute atomic E-state index is 0.0680. The number of anilines is 1. The lowest BCUT2D eigenvalue weighted by molar-refractivity contribution is 0.0695. The summed E-state index contributed by atoms with van der Waals surface area (Å²) in [6, 6.07) is 7.89. The van der Waals surface area contributed by atoms with Crippen molar-refractivity contribution in [1.29, 1.82) is 0 Å². The maximum Gasteiger partial charge on any atom is 0.341 e.